The number of para-hydroxylation sites is 1. The van der Waals surface area contributed by atoms with E-state index in [1.807, 2.05) is 24.3 Å². The number of nitrogens with one attached hydrogen (secondary N) is 2. The van der Waals surface area contributed by atoms with Crippen molar-refractivity contribution >= 4 is 34.2 Å². The average Bonchev–Trinajstić information content (AvgIpc) is 2.98. The van der Waals surface area contributed by atoms with E-state index in [1.165, 1.54) is 18.3 Å². The maximum atomic E-state index is 11.0. The number of benzene rings is 2. The Balaban J connectivity index is 1.86. The number of aromatic nitrogens is 1. The molecule has 120 valence electrons. The Morgan fingerprint density at radius 2 is 1.88 bits per heavy atom. The molecule has 0 fully saturated rings. The average molecular weight is 325 g/mol. The summed E-state index contributed by atoms with van der Waals surface area (Å²) in [5, 5.41) is 26.7. The number of hydrazone groups is 1. The van der Waals surface area contributed by atoms with Gasteiger partial charge in [0.05, 0.1) is 22.1 Å². The Kier molecular flexibility index (Phi) is 3.89. The van der Waals surface area contributed by atoms with Crippen LogP contribution < -0.4 is 5.43 Å². The quantitative estimate of drug-likeness (QED) is 0.422. The topological polar surface area (TPSA) is 126 Å². The van der Waals surface area contributed by atoms with Crippen LogP contribution in [0, 0.1) is 20.2 Å². The fourth-order valence-corrected chi connectivity index (χ4v) is 2.25. The van der Waals surface area contributed by atoms with Crippen LogP contribution in [0.5, 0.6) is 0 Å². The third-order valence-corrected chi connectivity index (χ3v) is 3.40. The van der Waals surface area contributed by atoms with Crippen LogP contribution in [0.3, 0.4) is 0 Å². The number of H-pyrrole nitrogens is 1. The Labute approximate surface area is 134 Å². The Morgan fingerprint density at radius 3 is 2.62 bits per heavy atom. The number of fused-ring (bicyclic) bond motifs is 1. The lowest BCUT2D eigenvalue weighted by atomic mass is 10.2. The van der Waals surface area contributed by atoms with Gasteiger partial charge in [-0.15, -0.1) is 0 Å². The fraction of sp³-hybridized carbons (Fsp3) is 0. The van der Waals surface area contributed by atoms with Crippen LogP contribution in [0.15, 0.2) is 53.8 Å². The van der Waals surface area contributed by atoms with Crippen molar-refractivity contribution in [3.63, 3.8) is 0 Å². The molecular weight excluding hydrogens is 314 g/mol. The zero-order chi connectivity index (χ0) is 17.1. The minimum atomic E-state index is -0.698. The molecule has 0 saturated heterocycles. The molecule has 0 aliphatic carbocycles. The van der Waals surface area contributed by atoms with Gasteiger partial charge >= 0.3 is 5.69 Å². The summed E-state index contributed by atoms with van der Waals surface area (Å²) in [5.41, 5.74) is 3.61. The van der Waals surface area contributed by atoms with E-state index < -0.39 is 15.5 Å². The lowest BCUT2D eigenvalue weighted by molar-refractivity contribution is -0.393. The second-order valence-electron chi connectivity index (χ2n) is 4.88. The number of aromatic amines is 1. The first-order chi connectivity index (χ1) is 11.6. The molecule has 3 rings (SSSR count). The number of nitrogens with zero attached hydrogens (tertiary/aromatic N) is 3. The highest BCUT2D eigenvalue weighted by atomic mass is 16.6. The van der Waals surface area contributed by atoms with Gasteiger partial charge < -0.3 is 4.98 Å². The minimum Gasteiger partial charge on any atom is -0.361 e. The first-order valence-corrected chi connectivity index (χ1v) is 6.84. The highest BCUT2D eigenvalue weighted by Crippen LogP contribution is 2.28. The first-order valence-electron chi connectivity index (χ1n) is 6.84. The van der Waals surface area contributed by atoms with Gasteiger partial charge in [0.15, 0.2) is 0 Å². The normalized spacial score (nSPS) is 11.0. The molecule has 1 aromatic heterocycles. The number of hydrogen-bond donors (Lipinski definition) is 2. The van der Waals surface area contributed by atoms with E-state index in [1.54, 1.807) is 6.20 Å². The van der Waals surface area contributed by atoms with Crippen molar-refractivity contribution < 1.29 is 9.85 Å². The summed E-state index contributed by atoms with van der Waals surface area (Å²) in [6, 6.07) is 11.0. The van der Waals surface area contributed by atoms with E-state index in [0.29, 0.717) is 0 Å². The van der Waals surface area contributed by atoms with Gasteiger partial charge in [0.2, 0.25) is 0 Å². The SMILES string of the molecule is O=[N+]([O-])c1ccc(N/N=C\c2c[nH]c3ccccc23)c([N+](=O)[O-])c1. The summed E-state index contributed by atoms with van der Waals surface area (Å²) in [7, 11) is 0. The van der Waals surface area contributed by atoms with E-state index in [4.69, 9.17) is 0 Å². The summed E-state index contributed by atoms with van der Waals surface area (Å²) >= 11 is 0. The van der Waals surface area contributed by atoms with E-state index in [0.717, 1.165) is 22.5 Å². The molecule has 0 saturated carbocycles. The number of nitro groups is 2. The zero-order valence-corrected chi connectivity index (χ0v) is 12.2. The number of nitro benzene ring substituents is 2. The Morgan fingerprint density at radius 1 is 1.08 bits per heavy atom. The summed E-state index contributed by atoms with van der Waals surface area (Å²) in [6.45, 7) is 0. The van der Waals surface area contributed by atoms with Gasteiger partial charge in [-0.2, -0.15) is 5.10 Å². The molecule has 9 heteroatoms. The van der Waals surface area contributed by atoms with Crippen molar-refractivity contribution in [1.29, 1.82) is 0 Å². The van der Waals surface area contributed by atoms with E-state index in [2.05, 4.69) is 15.5 Å². The minimum absolute atomic E-state index is 0.0710. The van der Waals surface area contributed by atoms with Crippen molar-refractivity contribution in [3.05, 3.63) is 74.5 Å². The van der Waals surface area contributed by atoms with E-state index in [-0.39, 0.29) is 11.4 Å². The first kappa shape index (κ1) is 15.2. The van der Waals surface area contributed by atoms with E-state index >= 15 is 0 Å². The van der Waals surface area contributed by atoms with Crippen LogP contribution in [0.1, 0.15) is 5.56 Å². The molecule has 0 aliphatic heterocycles. The zero-order valence-electron chi connectivity index (χ0n) is 12.2. The molecule has 0 atom stereocenters. The van der Waals surface area contributed by atoms with Crippen LogP contribution in [0.4, 0.5) is 17.1 Å². The van der Waals surface area contributed by atoms with Crippen LogP contribution in [0.2, 0.25) is 0 Å². The molecule has 1 heterocycles. The van der Waals surface area contributed by atoms with Gasteiger partial charge in [-0.3, -0.25) is 25.7 Å². The van der Waals surface area contributed by atoms with Crippen molar-refractivity contribution in [3.8, 4) is 0 Å². The van der Waals surface area contributed by atoms with Crippen molar-refractivity contribution in [1.82, 2.24) is 4.98 Å². The molecule has 2 aromatic carbocycles. The lowest BCUT2D eigenvalue weighted by Gasteiger charge is -2.01. The van der Waals surface area contributed by atoms with E-state index in [9.17, 15) is 20.2 Å². The highest BCUT2D eigenvalue weighted by molar-refractivity contribution is 5.99. The Hall–Kier alpha value is -3.75. The van der Waals surface area contributed by atoms with Gasteiger partial charge in [-0.1, -0.05) is 18.2 Å². The number of anilines is 1. The third kappa shape index (κ3) is 2.90. The van der Waals surface area contributed by atoms with Crippen molar-refractivity contribution in [2.45, 2.75) is 0 Å². The maximum absolute atomic E-state index is 11.0. The largest absolute Gasteiger partial charge is 0.361 e. The van der Waals surface area contributed by atoms with Gasteiger partial charge in [0.1, 0.15) is 5.69 Å². The maximum Gasteiger partial charge on any atom is 0.301 e. The predicted molar refractivity (Wildman–Crippen MR) is 89.3 cm³/mol. The van der Waals surface area contributed by atoms with Crippen molar-refractivity contribution in [2.75, 3.05) is 5.43 Å². The third-order valence-electron chi connectivity index (χ3n) is 3.40. The molecule has 0 amide bonds. The van der Waals surface area contributed by atoms with Crippen LogP contribution in [-0.2, 0) is 0 Å². The summed E-state index contributed by atoms with van der Waals surface area (Å²) in [6.07, 6.45) is 3.28. The molecule has 0 radical (unpaired) electrons. The van der Waals surface area contributed by atoms with Crippen LogP contribution in [-0.4, -0.2) is 21.0 Å². The monoisotopic (exact) mass is 325 g/mol. The molecular formula is C15H11N5O4. The molecule has 3 aromatic rings. The van der Waals surface area contributed by atoms with Gasteiger partial charge in [0.25, 0.3) is 5.69 Å². The molecule has 0 unspecified atom stereocenters. The number of rotatable bonds is 5. The fourth-order valence-electron chi connectivity index (χ4n) is 2.25. The molecule has 2 N–H and O–H groups in total. The number of non-ortho nitro benzene ring substituents is 1. The standard InChI is InChI=1S/C15H11N5O4/c21-19(22)11-5-6-14(15(7-11)20(23)24)18-17-9-10-8-16-13-4-2-1-3-12(10)13/h1-9,16,18H/b17-9-. The van der Waals surface area contributed by atoms with Crippen LogP contribution >= 0.6 is 0 Å². The Bertz CT molecular complexity index is 963. The van der Waals surface area contributed by atoms with Crippen LogP contribution in [0.25, 0.3) is 10.9 Å². The molecule has 9 nitrogen and oxygen atoms in total. The smallest absolute Gasteiger partial charge is 0.301 e. The summed E-state index contributed by atoms with van der Waals surface area (Å²) in [4.78, 5) is 23.5. The van der Waals surface area contributed by atoms with Gasteiger partial charge in [-0.05, 0) is 12.1 Å². The van der Waals surface area contributed by atoms with Crippen molar-refractivity contribution in [2.24, 2.45) is 5.10 Å². The second-order valence-corrected chi connectivity index (χ2v) is 4.88. The molecule has 0 spiro atoms. The highest BCUT2D eigenvalue weighted by Gasteiger charge is 2.19. The van der Waals surface area contributed by atoms with Gasteiger partial charge in [-0.25, -0.2) is 0 Å². The predicted octanol–water partition coefficient (Wildman–Crippen LogP) is 3.43. The summed E-state index contributed by atoms with van der Waals surface area (Å²) in [5.74, 6) is 0. The molecule has 0 bridgehead atoms. The molecule has 24 heavy (non-hydrogen) atoms. The lowest BCUT2D eigenvalue weighted by Crippen LogP contribution is -1.98. The number of hydrogen-bond acceptors (Lipinski definition) is 6. The molecule has 0 aliphatic rings. The second kappa shape index (κ2) is 6.16. The van der Waals surface area contributed by atoms with Gasteiger partial charge in [0, 0.05) is 28.7 Å². The summed E-state index contributed by atoms with van der Waals surface area (Å²) < 4.78 is 0.